The van der Waals surface area contributed by atoms with Gasteiger partial charge in [0.15, 0.2) is 0 Å². The maximum absolute atomic E-state index is 12.9. The molecular weight excluding hydrogens is 310 g/mol. The van der Waals surface area contributed by atoms with Gasteiger partial charge in [-0.2, -0.15) is 0 Å². The molecule has 0 aliphatic rings. The third-order valence-corrected chi connectivity index (χ3v) is 4.50. The summed E-state index contributed by atoms with van der Waals surface area (Å²) in [5.41, 5.74) is 1.29. The van der Waals surface area contributed by atoms with Gasteiger partial charge in [-0.15, -0.1) is 0 Å². The van der Waals surface area contributed by atoms with Crippen LogP contribution in [-0.4, -0.2) is 16.6 Å². The summed E-state index contributed by atoms with van der Waals surface area (Å²) in [5, 5.41) is 14.0. The van der Waals surface area contributed by atoms with Crippen LogP contribution in [0.2, 0.25) is 0 Å². The van der Waals surface area contributed by atoms with Crippen molar-refractivity contribution < 1.29 is 9.90 Å². The highest BCUT2D eigenvalue weighted by Crippen LogP contribution is 2.42. The second-order valence-electron chi connectivity index (χ2n) is 10.7. The van der Waals surface area contributed by atoms with Crippen molar-refractivity contribution in [1.82, 2.24) is 5.32 Å². The van der Waals surface area contributed by atoms with E-state index in [1.807, 2.05) is 46.8 Å². The van der Waals surface area contributed by atoms with Crippen LogP contribution < -0.4 is 5.32 Å². The zero-order valence-corrected chi connectivity index (χ0v) is 18.0. The summed E-state index contributed by atoms with van der Waals surface area (Å²) in [6, 6.07) is 3.99. The summed E-state index contributed by atoms with van der Waals surface area (Å²) in [7, 11) is 0. The molecule has 0 aliphatic carbocycles. The van der Waals surface area contributed by atoms with Gasteiger partial charge in [-0.05, 0) is 62.1 Å². The predicted molar refractivity (Wildman–Crippen MR) is 106 cm³/mol. The topological polar surface area (TPSA) is 49.3 Å². The third-order valence-electron chi connectivity index (χ3n) is 4.50. The molecule has 25 heavy (non-hydrogen) atoms. The van der Waals surface area contributed by atoms with E-state index in [2.05, 4.69) is 46.9 Å². The van der Waals surface area contributed by atoms with E-state index in [0.717, 1.165) is 16.7 Å². The van der Waals surface area contributed by atoms with E-state index in [1.54, 1.807) is 0 Å². The lowest BCUT2D eigenvalue weighted by atomic mass is 9.73. The molecular formula is C22H37NO2. The van der Waals surface area contributed by atoms with Crippen molar-refractivity contribution in [2.75, 3.05) is 0 Å². The van der Waals surface area contributed by atoms with Crippen LogP contribution in [0.5, 0.6) is 5.75 Å². The maximum Gasteiger partial charge on any atom is 0.230 e. The van der Waals surface area contributed by atoms with Crippen molar-refractivity contribution >= 4 is 5.91 Å². The van der Waals surface area contributed by atoms with Crippen LogP contribution in [0.4, 0.5) is 0 Å². The fourth-order valence-corrected chi connectivity index (χ4v) is 2.77. The molecule has 0 saturated carbocycles. The van der Waals surface area contributed by atoms with E-state index >= 15 is 0 Å². The number of rotatable bonds is 2. The van der Waals surface area contributed by atoms with Gasteiger partial charge in [0.05, 0.1) is 5.41 Å². The van der Waals surface area contributed by atoms with Crippen molar-refractivity contribution in [2.45, 2.75) is 97.9 Å². The lowest BCUT2D eigenvalue weighted by Crippen LogP contribution is -2.49. The molecule has 0 unspecified atom stereocenters. The minimum Gasteiger partial charge on any atom is -0.507 e. The van der Waals surface area contributed by atoms with Crippen LogP contribution in [0.1, 0.15) is 92.9 Å². The Morgan fingerprint density at radius 2 is 1.16 bits per heavy atom. The molecule has 3 nitrogen and oxygen atoms in total. The van der Waals surface area contributed by atoms with E-state index in [9.17, 15) is 9.90 Å². The number of amides is 1. The maximum atomic E-state index is 12.9. The molecule has 1 rings (SSSR count). The average molecular weight is 348 g/mol. The van der Waals surface area contributed by atoms with Gasteiger partial charge in [-0.3, -0.25) is 4.79 Å². The number of carbonyl (C=O) groups excluding carboxylic acids is 1. The molecule has 0 bridgehead atoms. The molecule has 2 N–H and O–H groups in total. The van der Waals surface area contributed by atoms with Crippen molar-refractivity contribution in [2.24, 2.45) is 0 Å². The molecule has 0 aliphatic heterocycles. The first-order valence-electron chi connectivity index (χ1n) is 9.08. The minimum atomic E-state index is -0.693. The molecule has 0 aromatic heterocycles. The standard InChI is InChI=1S/C22H37NO2/c1-19(2,3)15-12-14(13-16(17(15)24)20(4,5)6)22(10,11)18(25)23-21(7,8)9/h12-13,24H,1-11H3,(H,23,25). The molecule has 1 aromatic rings. The molecule has 0 radical (unpaired) electrons. The Morgan fingerprint density at radius 1 is 0.800 bits per heavy atom. The number of benzene rings is 1. The normalized spacial score (nSPS) is 13.7. The van der Waals surface area contributed by atoms with Crippen molar-refractivity contribution in [3.63, 3.8) is 0 Å². The van der Waals surface area contributed by atoms with E-state index < -0.39 is 5.41 Å². The van der Waals surface area contributed by atoms with Crippen LogP contribution in [0, 0.1) is 0 Å². The molecule has 0 heterocycles. The zero-order valence-electron chi connectivity index (χ0n) is 18.0. The Hall–Kier alpha value is -1.51. The second kappa shape index (κ2) is 6.34. The Kier molecular flexibility index (Phi) is 5.46. The average Bonchev–Trinajstić information content (AvgIpc) is 2.33. The molecule has 0 saturated heterocycles. The molecule has 142 valence electrons. The van der Waals surface area contributed by atoms with Gasteiger partial charge < -0.3 is 10.4 Å². The molecule has 3 heteroatoms. The Labute approximate surface area is 154 Å². The van der Waals surface area contributed by atoms with Gasteiger partial charge in [0, 0.05) is 5.54 Å². The lowest BCUT2D eigenvalue weighted by Gasteiger charge is -2.34. The van der Waals surface area contributed by atoms with E-state index in [-0.39, 0.29) is 22.3 Å². The van der Waals surface area contributed by atoms with Crippen LogP contribution in [0.3, 0.4) is 0 Å². The Bertz CT molecular complexity index is 615. The molecule has 0 spiro atoms. The third kappa shape index (κ3) is 4.99. The lowest BCUT2D eigenvalue weighted by molar-refractivity contribution is -0.127. The number of phenolic OH excluding ortho intramolecular Hbond substituents is 1. The highest BCUT2D eigenvalue weighted by Gasteiger charge is 2.35. The summed E-state index contributed by atoms with van der Waals surface area (Å²) >= 11 is 0. The predicted octanol–water partition coefficient (Wildman–Crippen LogP) is 5.18. The highest BCUT2D eigenvalue weighted by atomic mass is 16.3. The molecule has 0 atom stereocenters. The first kappa shape index (κ1) is 21.5. The largest absolute Gasteiger partial charge is 0.507 e. The van der Waals surface area contributed by atoms with Crippen LogP contribution >= 0.6 is 0 Å². The van der Waals surface area contributed by atoms with Gasteiger partial charge in [-0.1, -0.05) is 53.7 Å². The van der Waals surface area contributed by atoms with Crippen molar-refractivity contribution in [3.8, 4) is 5.75 Å². The second-order valence-corrected chi connectivity index (χ2v) is 10.7. The minimum absolute atomic E-state index is 0.00888. The van der Waals surface area contributed by atoms with Crippen molar-refractivity contribution in [1.29, 1.82) is 0 Å². The SMILES string of the molecule is CC(C)(C)NC(=O)C(C)(C)c1cc(C(C)(C)C)c(O)c(C(C)(C)C)c1. The van der Waals surface area contributed by atoms with E-state index in [4.69, 9.17) is 0 Å². The van der Waals surface area contributed by atoms with E-state index in [1.165, 1.54) is 0 Å². The summed E-state index contributed by atoms with van der Waals surface area (Å²) in [4.78, 5) is 12.9. The quantitative estimate of drug-likeness (QED) is 0.774. The van der Waals surface area contributed by atoms with Gasteiger partial charge in [-0.25, -0.2) is 0 Å². The van der Waals surface area contributed by atoms with Crippen molar-refractivity contribution in [3.05, 3.63) is 28.8 Å². The number of hydrogen-bond donors (Lipinski definition) is 2. The zero-order chi connectivity index (χ0) is 20.0. The van der Waals surface area contributed by atoms with Crippen LogP contribution in [0.25, 0.3) is 0 Å². The highest BCUT2D eigenvalue weighted by molar-refractivity contribution is 5.88. The van der Waals surface area contributed by atoms with Crippen LogP contribution in [-0.2, 0) is 21.0 Å². The number of nitrogens with one attached hydrogen (secondary N) is 1. The first-order valence-corrected chi connectivity index (χ1v) is 9.08. The smallest absolute Gasteiger partial charge is 0.230 e. The summed E-state index contributed by atoms with van der Waals surface area (Å²) in [5.74, 6) is 0.334. The molecule has 1 aromatic carbocycles. The fourth-order valence-electron chi connectivity index (χ4n) is 2.77. The van der Waals surface area contributed by atoms with Gasteiger partial charge in [0.2, 0.25) is 5.91 Å². The monoisotopic (exact) mass is 347 g/mol. The number of hydrogen-bond acceptors (Lipinski definition) is 2. The van der Waals surface area contributed by atoms with E-state index in [0.29, 0.717) is 5.75 Å². The molecule has 1 amide bonds. The number of aromatic hydroxyl groups is 1. The summed E-state index contributed by atoms with van der Waals surface area (Å²) in [6.45, 7) is 22.3. The Balaban J connectivity index is 3.62. The Morgan fingerprint density at radius 3 is 1.44 bits per heavy atom. The fraction of sp³-hybridized carbons (Fsp3) is 0.682. The molecule has 0 fully saturated rings. The number of carbonyl (C=O) groups is 1. The van der Waals surface area contributed by atoms with Gasteiger partial charge in [0.1, 0.15) is 5.75 Å². The first-order chi connectivity index (χ1) is 10.9. The van der Waals surface area contributed by atoms with Crippen LogP contribution in [0.15, 0.2) is 12.1 Å². The summed E-state index contributed by atoms with van der Waals surface area (Å²) < 4.78 is 0. The van der Waals surface area contributed by atoms with Gasteiger partial charge in [0.25, 0.3) is 0 Å². The number of phenols is 1. The summed E-state index contributed by atoms with van der Waals surface area (Å²) in [6.07, 6.45) is 0. The van der Waals surface area contributed by atoms with Gasteiger partial charge >= 0.3 is 0 Å².